The van der Waals surface area contributed by atoms with Crippen molar-refractivity contribution < 1.29 is 14.3 Å². The highest BCUT2D eigenvalue weighted by molar-refractivity contribution is 6.57. The van der Waals surface area contributed by atoms with E-state index in [1.54, 1.807) is 25.1 Å². The molecule has 0 bridgehead atoms. The molecule has 0 saturated carbocycles. The number of carbonyl (C=O) groups is 1. The average molecular weight is 554 g/mol. The molecule has 209 valence electrons. The van der Waals surface area contributed by atoms with Crippen molar-refractivity contribution >= 4 is 35.9 Å². The number of carboxylic acid groups (broad SMARTS) is 1. The van der Waals surface area contributed by atoms with Crippen LogP contribution < -0.4 is 10.9 Å². The highest BCUT2D eigenvalue weighted by Gasteiger charge is 2.21. The van der Waals surface area contributed by atoms with Crippen LogP contribution >= 0.6 is 0 Å². The van der Waals surface area contributed by atoms with E-state index in [0.717, 1.165) is 34.2 Å². The minimum atomic E-state index is -0.980. The molecule has 1 radical (unpaired) electrons. The Morgan fingerprint density at radius 1 is 0.976 bits per heavy atom. The van der Waals surface area contributed by atoms with E-state index in [4.69, 9.17) is 4.42 Å². The van der Waals surface area contributed by atoms with E-state index in [9.17, 15) is 14.7 Å². The summed E-state index contributed by atoms with van der Waals surface area (Å²) in [5.74, 6) is -0.669. The van der Waals surface area contributed by atoms with Gasteiger partial charge in [0.1, 0.15) is 11.3 Å². The fourth-order valence-corrected chi connectivity index (χ4v) is 5.30. The lowest BCUT2D eigenvalue weighted by atomic mass is 9.56. The summed E-state index contributed by atoms with van der Waals surface area (Å²) in [6.45, 7) is 8.46. The Bertz CT molecular complexity index is 1860. The molecule has 0 amide bonds. The molecule has 5 nitrogen and oxygen atoms in total. The zero-order valence-electron chi connectivity index (χ0n) is 24.3. The molecule has 6 heteroatoms. The Labute approximate surface area is 246 Å². The van der Waals surface area contributed by atoms with Crippen LogP contribution in [0.1, 0.15) is 56.5 Å². The maximum Gasteiger partial charge on any atom is 0.335 e. The predicted octanol–water partition coefficient (Wildman–Crippen LogP) is 6.84. The van der Waals surface area contributed by atoms with Gasteiger partial charge in [0.15, 0.2) is 12.7 Å². The fourth-order valence-electron chi connectivity index (χ4n) is 5.30. The molecule has 0 aliphatic heterocycles. The first-order valence-electron chi connectivity index (χ1n) is 14.1. The van der Waals surface area contributed by atoms with Gasteiger partial charge in [-0.1, -0.05) is 79.1 Å². The molecular formula is C36H33BNO4. The zero-order chi connectivity index (χ0) is 29.8. The fraction of sp³-hybridized carbons (Fsp3) is 0.194. The van der Waals surface area contributed by atoms with Gasteiger partial charge < -0.3 is 9.52 Å². The van der Waals surface area contributed by atoms with Crippen LogP contribution in [0.5, 0.6) is 0 Å². The third-order valence-electron chi connectivity index (χ3n) is 7.65. The van der Waals surface area contributed by atoms with E-state index in [0.29, 0.717) is 34.3 Å². The van der Waals surface area contributed by atoms with Crippen molar-refractivity contribution in [2.75, 3.05) is 6.54 Å². The number of aliphatic imine (C=N–C) groups is 1. The zero-order valence-corrected chi connectivity index (χ0v) is 24.3. The summed E-state index contributed by atoms with van der Waals surface area (Å²) in [6.07, 6.45) is 2.76. The van der Waals surface area contributed by atoms with Gasteiger partial charge >= 0.3 is 5.97 Å². The SMILES string of the molecule is Cc1cc(C(C)[B]c2ccccc2C(=O)O)c2oc(-c3ccc(C)c(C=NCCc4ccccc4)c3)c(C)c(=O)c2c1. The maximum atomic E-state index is 13.7. The Morgan fingerprint density at radius 3 is 2.48 bits per heavy atom. The molecule has 0 fully saturated rings. The number of carboxylic acids is 1. The molecule has 1 unspecified atom stereocenters. The number of rotatable bonds is 9. The standard InChI is InChI=1S/C36H33BNO4/c1-22-18-30(25(4)37-32-13-9-8-12-29(32)36(40)41)35-31(19-22)33(39)24(3)34(42-35)27-15-14-23(2)28(20-27)21-38-17-16-26-10-6-5-7-11-26/h5-15,18-21,25H,16-17H2,1-4H3,(H,40,41). The van der Waals surface area contributed by atoms with Crippen molar-refractivity contribution in [1.29, 1.82) is 0 Å². The normalized spacial score (nSPS) is 12.1. The molecule has 0 aliphatic carbocycles. The first-order chi connectivity index (χ1) is 20.2. The summed E-state index contributed by atoms with van der Waals surface area (Å²) in [5, 5.41) is 10.2. The molecule has 4 aromatic carbocycles. The Morgan fingerprint density at radius 2 is 1.71 bits per heavy atom. The molecular weight excluding hydrogens is 521 g/mol. The van der Waals surface area contributed by atoms with Crippen LogP contribution in [0, 0.1) is 20.8 Å². The average Bonchev–Trinajstić information content (AvgIpc) is 2.98. The van der Waals surface area contributed by atoms with Crippen molar-refractivity contribution in [2.45, 2.75) is 39.9 Å². The van der Waals surface area contributed by atoms with Gasteiger partial charge in [0, 0.05) is 23.9 Å². The van der Waals surface area contributed by atoms with Crippen LogP contribution in [0.4, 0.5) is 0 Å². The van der Waals surface area contributed by atoms with Crippen LogP contribution in [0.15, 0.2) is 99.1 Å². The number of aromatic carboxylic acids is 1. The van der Waals surface area contributed by atoms with Gasteiger partial charge in [-0.15, -0.1) is 0 Å². The highest BCUT2D eigenvalue weighted by atomic mass is 16.4. The summed E-state index contributed by atoms with van der Waals surface area (Å²) >= 11 is 0. The smallest absolute Gasteiger partial charge is 0.335 e. The van der Waals surface area contributed by atoms with Gasteiger partial charge in [-0.05, 0) is 79.0 Å². The minimum absolute atomic E-state index is 0.0759. The lowest BCUT2D eigenvalue weighted by molar-refractivity contribution is 0.0698. The van der Waals surface area contributed by atoms with Crippen molar-refractivity contribution in [3.8, 4) is 11.3 Å². The molecule has 1 aromatic heterocycles. The molecule has 1 heterocycles. The summed E-state index contributed by atoms with van der Waals surface area (Å²) < 4.78 is 6.58. The molecule has 1 atom stereocenters. The second-order valence-electron chi connectivity index (χ2n) is 10.8. The molecule has 0 aliphatic rings. The molecule has 5 aromatic rings. The third kappa shape index (κ3) is 6.13. The van der Waals surface area contributed by atoms with E-state index in [1.165, 1.54) is 5.56 Å². The third-order valence-corrected chi connectivity index (χ3v) is 7.65. The van der Waals surface area contributed by atoms with Gasteiger partial charge in [0.2, 0.25) is 0 Å². The monoisotopic (exact) mass is 554 g/mol. The van der Waals surface area contributed by atoms with Crippen molar-refractivity contribution in [2.24, 2.45) is 4.99 Å². The predicted molar refractivity (Wildman–Crippen MR) is 172 cm³/mol. The van der Waals surface area contributed by atoms with Gasteiger partial charge in [-0.25, -0.2) is 4.79 Å². The quantitative estimate of drug-likeness (QED) is 0.160. The number of aryl methyl sites for hydroxylation is 2. The van der Waals surface area contributed by atoms with Gasteiger partial charge in [-0.2, -0.15) is 0 Å². The number of benzene rings is 4. The number of nitrogens with zero attached hydrogens (tertiary/aromatic N) is 1. The number of hydrogen-bond acceptors (Lipinski definition) is 4. The van der Waals surface area contributed by atoms with Crippen molar-refractivity contribution in [1.82, 2.24) is 0 Å². The molecule has 0 spiro atoms. The minimum Gasteiger partial charge on any atom is -0.478 e. The van der Waals surface area contributed by atoms with E-state index < -0.39 is 5.97 Å². The second-order valence-corrected chi connectivity index (χ2v) is 10.8. The summed E-state index contributed by atoms with van der Waals surface area (Å²) in [4.78, 5) is 30.1. The Kier molecular flexibility index (Phi) is 8.53. The van der Waals surface area contributed by atoms with E-state index in [1.807, 2.05) is 88.9 Å². The van der Waals surface area contributed by atoms with E-state index in [-0.39, 0.29) is 16.8 Å². The second kappa shape index (κ2) is 12.4. The first kappa shape index (κ1) is 28.8. The van der Waals surface area contributed by atoms with Gasteiger partial charge in [0.05, 0.1) is 10.9 Å². The van der Waals surface area contributed by atoms with Crippen LogP contribution in [-0.4, -0.2) is 31.1 Å². The number of hydrogen-bond donors (Lipinski definition) is 1. The molecule has 0 saturated heterocycles. The molecule has 42 heavy (non-hydrogen) atoms. The Balaban J connectivity index is 1.52. The lowest BCUT2D eigenvalue weighted by Crippen LogP contribution is -2.26. The largest absolute Gasteiger partial charge is 0.478 e. The van der Waals surface area contributed by atoms with Crippen LogP contribution in [-0.2, 0) is 6.42 Å². The lowest BCUT2D eigenvalue weighted by Gasteiger charge is -2.17. The topological polar surface area (TPSA) is 79.9 Å². The van der Waals surface area contributed by atoms with Gasteiger partial charge in [0.25, 0.3) is 0 Å². The van der Waals surface area contributed by atoms with E-state index in [2.05, 4.69) is 17.1 Å². The van der Waals surface area contributed by atoms with Crippen LogP contribution in [0.2, 0.25) is 0 Å². The van der Waals surface area contributed by atoms with Crippen LogP contribution in [0.3, 0.4) is 0 Å². The summed E-state index contributed by atoms with van der Waals surface area (Å²) in [7, 11) is 1.91. The van der Waals surface area contributed by atoms with E-state index >= 15 is 0 Å². The van der Waals surface area contributed by atoms with Crippen molar-refractivity contribution in [3.05, 3.63) is 134 Å². The highest BCUT2D eigenvalue weighted by Crippen LogP contribution is 2.32. The number of fused-ring (bicyclic) bond motifs is 1. The summed E-state index contributed by atoms with van der Waals surface area (Å²) in [5.41, 5.74) is 7.72. The summed E-state index contributed by atoms with van der Waals surface area (Å²) in [6, 6.07) is 27.1. The first-order valence-corrected chi connectivity index (χ1v) is 14.1. The molecule has 5 rings (SSSR count). The van der Waals surface area contributed by atoms with Crippen molar-refractivity contribution in [3.63, 3.8) is 0 Å². The Hall–Kier alpha value is -4.71. The molecule has 1 N–H and O–H groups in total. The van der Waals surface area contributed by atoms with Gasteiger partial charge in [-0.3, -0.25) is 9.79 Å². The van der Waals surface area contributed by atoms with Crippen LogP contribution in [0.25, 0.3) is 22.3 Å². The maximum absolute atomic E-state index is 13.7.